The molecule has 1 atom stereocenters. The molecule has 6 heteroatoms. The summed E-state index contributed by atoms with van der Waals surface area (Å²) in [7, 11) is 0. The molecule has 36 heavy (non-hydrogen) atoms. The van der Waals surface area contributed by atoms with E-state index < -0.39 is 11.8 Å². The monoisotopic (exact) mass is 480 g/mol. The van der Waals surface area contributed by atoms with Gasteiger partial charge in [-0.1, -0.05) is 57.9 Å². The maximum atomic E-state index is 13.5. The molecule has 5 rings (SSSR count). The molecular formula is C30H28N2O4. The molecule has 2 aliphatic heterocycles. The molecule has 0 aromatic heterocycles. The van der Waals surface area contributed by atoms with Gasteiger partial charge in [-0.25, -0.2) is 4.90 Å². The van der Waals surface area contributed by atoms with Gasteiger partial charge in [0.2, 0.25) is 0 Å². The number of imide groups is 2. The van der Waals surface area contributed by atoms with E-state index >= 15 is 0 Å². The summed E-state index contributed by atoms with van der Waals surface area (Å²) in [5.41, 5.74) is 2.66. The molecule has 0 saturated heterocycles. The fourth-order valence-corrected chi connectivity index (χ4v) is 5.26. The van der Waals surface area contributed by atoms with Crippen molar-refractivity contribution in [2.24, 2.45) is 5.92 Å². The number of carbonyl (C=O) groups excluding carboxylic acids is 4. The summed E-state index contributed by atoms with van der Waals surface area (Å²) in [6, 6.07) is 13.4. The molecule has 0 radical (unpaired) electrons. The molecule has 1 unspecified atom stereocenters. The third-order valence-corrected chi connectivity index (χ3v) is 7.35. The first-order valence-electron chi connectivity index (χ1n) is 12.5. The van der Waals surface area contributed by atoms with Crippen molar-refractivity contribution < 1.29 is 19.2 Å². The highest BCUT2D eigenvalue weighted by atomic mass is 16.2. The Kier molecular flexibility index (Phi) is 6.04. The molecule has 6 nitrogen and oxygen atoms in total. The average molecular weight is 481 g/mol. The molecular weight excluding hydrogens is 452 g/mol. The topological polar surface area (TPSA) is 74.8 Å². The van der Waals surface area contributed by atoms with Gasteiger partial charge in [-0.15, -0.1) is 0 Å². The van der Waals surface area contributed by atoms with E-state index in [1.165, 1.54) is 4.90 Å². The average Bonchev–Trinajstić information content (AvgIpc) is 2.90. The lowest BCUT2D eigenvalue weighted by Crippen LogP contribution is -2.44. The van der Waals surface area contributed by atoms with Crippen LogP contribution in [0, 0.1) is 5.92 Å². The van der Waals surface area contributed by atoms with Crippen molar-refractivity contribution in [3.05, 3.63) is 82.9 Å². The number of benzene rings is 3. The van der Waals surface area contributed by atoms with Gasteiger partial charge in [-0.05, 0) is 54.3 Å². The standard InChI is InChI=1S/C30H28N2O4/c1-4-7-8-19(6-3)17-31-27(33)21-13-15-23-26-24(16-14-22(25(21)26)28(31)34)30(36)32(29(23)35)20-11-9-18(5-2)10-12-20/h5,9-16,19H,2,4,6-8,17H2,1,3H3. The highest BCUT2D eigenvalue weighted by molar-refractivity contribution is 6.39. The lowest BCUT2D eigenvalue weighted by Gasteiger charge is -2.33. The third-order valence-electron chi connectivity index (χ3n) is 7.35. The van der Waals surface area contributed by atoms with Crippen LogP contribution in [-0.2, 0) is 0 Å². The van der Waals surface area contributed by atoms with Crippen LogP contribution in [0.3, 0.4) is 0 Å². The molecule has 0 N–H and O–H groups in total. The van der Waals surface area contributed by atoms with E-state index in [4.69, 9.17) is 0 Å². The van der Waals surface area contributed by atoms with Crippen molar-refractivity contribution in [3.63, 3.8) is 0 Å². The molecule has 182 valence electrons. The molecule has 0 aliphatic carbocycles. The lowest BCUT2D eigenvalue weighted by atomic mass is 9.85. The van der Waals surface area contributed by atoms with Crippen LogP contribution in [0.1, 0.15) is 86.5 Å². The van der Waals surface area contributed by atoms with E-state index in [1.54, 1.807) is 54.6 Å². The largest absolute Gasteiger partial charge is 0.274 e. The Labute approximate surface area is 210 Å². The van der Waals surface area contributed by atoms with E-state index in [2.05, 4.69) is 20.4 Å². The first kappa shape index (κ1) is 23.7. The first-order valence-corrected chi connectivity index (χ1v) is 12.5. The molecule has 0 saturated carbocycles. The zero-order valence-corrected chi connectivity index (χ0v) is 20.5. The first-order chi connectivity index (χ1) is 17.4. The van der Waals surface area contributed by atoms with Crippen LogP contribution in [0.25, 0.3) is 16.8 Å². The van der Waals surface area contributed by atoms with Crippen LogP contribution >= 0.6 is 0 Å². The smallest absolute Gasteiger partial charge is 0.265 e. The van der Waals surface area contributed by atoms with Crippen molar-refractivity contribution in [3.8, 4) is 0 Å². The summed E-state index contributed by atoms with van der Waals surface area (Å²) in [4.78, 5) is 56.5. The number of anilines is 1. The molecule has 2 heterocycles. The molecule has 2 aliphatic rings. The number of carbonyl (C=O) groups is 4. The van der Waals surface area contributed by atoms with Gasteiger partial charge in [0.15, 0.2) is 0 Å². The molecule has 3 aromatic carbocycles. The quantitative estimate of drug-likeness (QED) is 0.365. The van der Waals surface area contributed by atoms with Crippen molar-refractivity contribution in [1.82, 2.24) is 4.90 Å². The molecule has 0 spiro atoms. The van der Waals surface area contributed by atoms with Crippen LogP contribution in [0.4, 0.5) is 5.69 Å². The second-order valence-electron chi connectivity index (χ2n) is 9.45. The maximum Gasteiger partial charge on any atom is 0.265 e. The third kappa shape index (κ3) is 3.56. The minimum Gasteiger partial charge on any atom is -0.274 e. The fraction of sp³-hybridized carbons (Fsp3) is 0.267. The maximum absolute atomic E-state index is 13.5. The van der Waals surface area contributed by atoms with Gasteiger partial charge in [-0.3, -0.25) is 24.1 Å². The lowest BCUT2D eigenvalue weighted by molar-refractivity contribution is 0.0578. The number of nitrogens with zero attached hydrogens (tertiary/aromatic N) is 2. The second-order valence-corrected chi connectivity index (χ2v) is 9.45. The van der Waals surface area contributed by atoms with Crippen LogP contribution in [0.5, 0.6) is 0 Å². The Morgan fingerprint density at radius 3 is 1.69 bits per heavy atom. The van der Waals surface area contributed by atoms with Crippen LogP contribution in [0.2, 0.25) is 0 Å². The second kappa shape index (κ2) is 9.19. The molecule has 0 bridgehead atoms. The van der Waals surface area contributed by atoms with E-state index in [1.807, 2.05) is 0 Å². The van der Waals surface area contributed by atoms with E-state index in [9.17, 15) is 19.2 Å². The highest BCUT2D eigenvalue weighted by Crippen LogP contribution is 2.39. The van der Waals surface area contributed by atoms with Gasteiger partial charge in [0.1, 0.15) is 0 Å². The van der Waals surface area contributed by atoms with Gasteiger partial charge in [0, 0.05) is 39.6 Å². The van der Waals surface area contributed by atoms with E-state index in [0.29, 0.717) is 45.3 Å². The SMILES string of the molecule is C=Cc1ccc(N2C(=O)c3ccc4c5c(ccc(c35)C2=O)C(=O)N(CC(CC)CCCC)C4=O)cc1. The number of hydrogen-bond acceptors (Lipinski definition) is 4. The minimum absolute atomic E-state index is 0.233. The van der Waals surface area contributed by atoms with Crippen molar-refractivity contribution in [2.45, 2.75) is 39.5 Å². The zero-order chi connectivity index (χ0) is 25.6. The number of hydrogen-bond donors (Lipinski definition) is 0. The van der Waals surface area contributed by atoms with Gasteiger partial charge in [-0.2, -0.15) is 0 Å². The normalized spacial score (nSPS) is 15.6. The Hall–Kier alpha value is -4.06. The molecule has 3 aromatic rings. The van der Waals surface area contributed by atoms with Gasteiger partial charge in [0.25, 0.3) is 23.6 Å². The van der Waals surface area contributed by atoms with Crippen molar-refractivity contribution in [2.75, 3.05) is 11.4 Å². The Morgan fingerprint density at radius 2 is 1.25 bits per heavy atom. The van der Waals surface area contributed by atoms with Gasteiger partial charge < -0.3 is 0 Å². The molecule has 0 fully saturated rings. The van der Waals surface area contributed by atoms with Crippen LogP contribution < -0.4 is 4.90 Å². The summed E-state index contributed by atoms with van der Waals surface area (Å²) in [5, 5.41) is 0.791. The van der Waals surface area contributed by atoms with Crippen molar-refractivity contribution >= 4 is 46.2 Å². The number of amides is 4. The van der Waals surface area contributed by atoms with E-state index in [-0.39, 0.29) is 17.7 Å². The number of unbranched alkanes of at least 4 members (excludes halogenated alkanes) is 1. The van der Waals surface area contributed by atoms with Crippen molar-refractivity contribution in [1.29, 1.82) is 0 Å². The fourth-order valence-electron chi connectivity index (χ4n) is 5.26. The number of rotatable bonds is 8. The minimum atomic E-state index is -0.476. The summed E-state index contributed by atoms with van der Waals surface area (Å²) in [6.07, 6.45) is 5.62. The van der Waals surface area contributed by atoms with Gasteiger partial charge in [0.05, 0.1) is 5.69 Å². The summed E-state index contributed by atoms with van der Waals surface area (Å²) >= 11 is 0. The Morgan fingerprint density at radius 1 is 0.750 bits per heavy atom. The summed E-state index contributed by atoms with van der Waals surface area (Å²) in [6.45, 7) is 8.30. The van der Waals surface area contributed by atoms with Gasteiger partial charge >= 0.3 is 0 Å². The van der Waals surface area contributed by atoms with Crippen LogP contribution in [0.15, 0.2) is 55.1 Å². The summed E-state index contributed by atoms with van der Waals surface area (Å²) < 4.78 is 0. The predicted octanol–water partition coefficient (Wildman–Crippen LogP) is 6.10. The van der Waals surface area contributed by atoms with E-state index in [0.717, 1.165) is 36.1 Å². The Balaban J connectivity index is 1.59. The summed E-state index contributed by atoms with van der Waals surface area (Å²) in [5.74, 6) is -1.45. The highest BCUT2D eigenvalue weighted by Gasteiger charge is 2.40. The zero-order valence-electron chi connectivity index (χ0n) is 20.5. The van der Waals surface area contributed by atoms with Crippen LogP contribution in [-0.4, -0.2) is 35.1 Å². The molecule has 4 amide bonds. The Bertz CT molecular complexity index is 1370. The predicted molar refractivity (Wildman–Crippen MR) is 140 cm³/mol.